The van der Waals surface area contributed by atoms with E-state index in [1.54, 1.807) is 18.4 Å². The van der Waals surface area contributed by atoms with Gasteiger partial charge in [0.15, 0.2) is 10.8 Å². The highest BCUT2D eigenvalue weighted by Gasteiger charge is 2.30. The van der Waals surface area contributed by atoms with E-state index in [0.717, 1.165) is 52.4 Å². The van der Waals surface area contributed by atoms with Crippen molar-refractivity contribution in [3.8, 4) is 5.75 Å². The molecule has 6 nitrogen and oxygen atoms in total. The second kappa shape index (κ2) is 8.16. The van der Waals surface area contributed by atoms with Gasteiger partial charge in [-0.1, -0.05) is 18.7 Å². The molecule has 160 valence electrons. The van der Waals surface area contributed by atoms with Crippen LogP contribution in [0.5, 0.6) is 5.75 Å². The number of ether oxygens (including phenoxy) is 1. The number of amides is 1. The summed E-state index contributed by atoms with van der Waals surface area (Å²) in [4.78, 5) is 16.6. The Balaban J connectivity index is 1.43. The van der Waals surface area contributed by atoms with E-state index in [1.807, 2.05) is 27.5 Å². The van der Waals surface area contributed by atoms with E-state index in [2.05, 4.69) is 41.6 Å². The van der Waals surface area contributed by atoms with E-state index in [1.165, 1.54) is 22.2 Å². The first-order valence-corrected chi connectivity index (χ1v) is 12.3. The van der Waals surface area contributed by atoms with Crippen molar-refractivity contribution >= 4 is 45.6 Å². The van der Waals surface area contributed by atoms with Crippen molar-refractivity contribution in [3.05, 3.63) is 51.7 Å². The highest BCUT2D eigenvalue weighted by Crippen LogP contribution is 2.36. The molecule has 0 fully saturated rings. The van der Waals surface area contributed by atoms with E-state index >= 15 is 0 Å². The molecule has 0 aliphatic carbocycles. The Morgan fingerprint density at radius 2 is 2.16 bits per heavy atom. The van der Waals surface area contributed by atoms with Crippen LogP contribution in [0.15, 0.2) is 40.9 Å². The lowest BCUT2D eigenvalue weighted by molar-refractivity contribution is -0.131. The topological polar surface area (TPSA) is 59.7 Å². The van der Waals surface area contributed by atoms with Crippen LogP contribution in [0.3, 0.4) is 0 Å². The fourth-order valence-electron chi connectivity index (χ4n) is 4.47. The summed E-state index contributed by atoms with van der Waals surface area (Å²) in [7, 11) is 1.66. The van der Waals surface area contributed by atoms with Gasteiger partial charge in [-0.15, -0.1) is 21.5 Å². The molecule has 1 amide bonds. The molecule has 0 radical (unpaired) electrons. The summed E-state index contributed by atoms with van der Waals surface area (Å²) in [6.07, 6.45) is 1.87. The Morgan fingerprint density at radius 1 is 1.29 bits per heavy atom. The summed E-state index contributed by atoms with van der Waals surface area (Å²) in [6, 6.07) is 10.4. The lowest BCUT2D eigenvalue weighted by Gasteiger charge is -2.35. The summed E-state index contributed by atoms with van der Waals surface area (Å²) in [5.41, 5.74) is 4.22. The van der Waals surface area contributed by atoms with E-state index in [0.29, 0.717) is 5.75 Å². The van der Waals surface area contributed by atoms with Gasteiger partial charge in [0.2, 0.25) is 5.91 Å². The van der Waals surface area contributed by atoms with Gasteiger partial charge in [-0.25, -0.2) is 0 Å². The van der Waals surface area contributed by atoms with Gasteiger partial charge in [-0.3, -0.25) is 9.20 Å². The number of aromatic nitrogens is 3. The van der Waals surface area contributed by atoms with Crippen LogP contribution in [0.4, 0.5) is 0 Å². The molecule has 1 aromatic carbocycles. The number of carbonyl (C=O) groups excluding carboxylic acids is 1. The second-order valence-corrected chi connectivity index (χ2v) is 9.68. The third-order valence-corrected chi connectivity index (χ3v) is 7.91. The Hall–Kier alpha value is -2.58. The maximum atomic E-state index is 13.2. The van der Waals surface area contributed by atoms with E-state index in [-0.39, 0.29) is 11.9 Å². The minimum absolute atomic E-state index is 0.152. The Morgan fingerprint density at radius 3 is 2.97 bits per heavy atom. The molecule has 1 atom stereocenters. The Kier molecular flexibility index (Phi) is 5.35. The van der Waals surface area contributed by atoms with Gasteiger partial charge in [0, 0.05) is 22.9 Å². The van der Waals surface area contributed by atoms with Gasteiger partial charge in [-0.05, 0) is 60.5 Å². The molecule has 1 aliphatic rings. The van der Waals surface area contributed by atoms with Crippen LogP contribution >= 0.6 is 23.1 Å². The SMILES string of the molecule is CCC1c2ccsc2CCN1C(=O)CSc1nnc2cc(C)c3ccc(OC)cc3n12. The van der Waals surface area contributed by atoms with E-state index in [4.69, 9.17) is 4.74 Å². The fourth-order valence-corrected chi connectivity index (χ4v) is 6.23. The second-order valence-electron chi connectivity index (χ2n) is 7.74. The third-order valence-electron chi connectivity index (χ3n) is 6.00. The predicted molar refractivity (Wildman–Crippen MR) is 125 cm³/mol. The van der Waals surface area contributed by atoms with Gasteiger partial charge in [0.05, 0.1) is 24.4 Å². The largest absolute Gasteiger partial charge is 0.497 e. The highest BCUT2D eigenvalue weighted by molar-refractivity contribution is 7.99. The molecule has 0 spiro atoms. The monoisotopic (exact) mass is 452 g/mol. The number of thiophene rings is 1. The summed E-state index contributed by atoms with van der Waals surface area (Å²) in [5.74, 6) is 1.28. The number of rotatable bonds is 5. The maximum Gasteiger partial charge on any atom is 0.233 e. The summed E-state index contributed by atoms with van der Waals surface area (Å²) in [6.45, 7) is 5.00. The molecule has 0 saturated heterocycles. The summed E-state index contributed by atoms with van der Waals surface area (Å²) in [5, 5.41) is 12.7. The molecule has 4 aromatic rings. The smallest absolute Gasteiger partial charge is 0.233 e. The number of hydrogen-bond donors (Lipinski definition) is 0. The number of pyridine rings is 1. The van der Waals surface area contributed by atoms with Crippen LogP contribution in [-0.4, -0.2) is 44.8 Å². The molecule has 8 heteroatoms. The number of carbonyl (C=O) groups is 1. The van der Waals surface area contributed by atoms with Crippen molar-refractivity contribution < 1.29 is 9.53 Å². The molecule has 0 N–H and O–H groups in total. The van der Waals surface area contributed by atoms with Crippen molar-refractivity contribution in [2.45, 2.75) is 37.9 Å². The Bertz CT molecular complexity index is 1280. The average Bonchev–Trinajstić information content (AvgIpc) is 3.43. The van der Waals surface area contributed by atoms with Crippen LogP contribution in [0, 0.1) is 6.92 Å². The number of thioether (sulfide) groups is 1. The van der Waals surface area contributed by atoms with Gasteiger partial charge in [0.25, 0.3) is 0 Å². The molecule has 4 heterocycles. The first-order chi connectivity index (χ1) is 15.1. The lowest BCUT2D eigenvalue weighted by Crippen LogP contribution is -2.40. The molecule has 5 rings (SSSR count). The first kappa shape index (κ1) is 20.3. The molecule has 1 unspecified atom stereocenters. The molecule has 31 heavy (non-hydrogen) atoms. The van der Waals surface area contributed by atoms with Crippen molar-refractivity contribution in [2.24, 2.45) is 0 Å². The quantitative estimate of drug-likeness (QED) is 0.404. The van der Waals surface area contributed by atoms with Crippen LogP contribution in [0.1, 0.15) is 35.4 Å². The molecular formula is C23H24N4O2S2. The van der Waals surface area contributed by atoms with Crippen LogP contribution in [0.2, 0.25) is 0 Å². The minimum Gasteiger partial charge on any atom is -0.497 e. The van der Waals surface area contributed by atoms with Gasteiger partial charge < -0.3 is 9.64 Å². The highest BCUT2D eigenvalue weighted by atomic mass is 32.2. The van der Waals surface area contributed by atoms with Gasteiger partial charge >= 0.3 is 0 Å². The molecule has 1 aliphatic heterocycles. The number of methoxy groups -OCH3 is 1. The number of fused-ring (bicyclic) bond motifs is 4. The minimum atomic E-state index is 0.152. The van der Waals surface area contributed by atoms with Crippen LogP contribution in [-0.2, 0) is 11.2 Å². The van der Waals surface area contributed by atoms with E-state index in [9.17, 15) is 4.79 Å². The number of benzene rings is 1. The van der Waals surface area contributed by atoms with E-state index < -0.39 is 0 Å². The molecule has 3 aromatic heterocycles. The van der Waals surface area contributed by atoms with Gasteiger partial charge in [-0.2, -0.15) is 0 Å². The Labute approximate surface area is 189 Å². The molecule has 0 saturated carbocycles. The lowest BCUT2D eigenvalue weighted by atomic mass is 9.98. The van der Waals surface area contributed by atoms with Crippen molar-refractivity contribution in [1.29, 1.82) is 0 Å². The van der Waals surface area contributed by atoms with Crippen molar-refractivity contribution in [2.75, 3.05) is 19.4 Å². The number of hydrogen-bond acceptors (Lipinski definition) is 6. The normalized spacial score (nSPS) is 16.1. The summed E-state index contributed by atoms with van der Waals surface area (Å²) >= 11 is 3.25. The first-order valence-electron chi connectivity index (χ1n) is 10.4. The molecular weight excluding hydrogens is 428 g/mol. The predicted octanol–water partition coefficient (Wildman–Crippen LogP) is 4.89. The third kappa shape index (κ3) is 3.47. The molecule has 0 bridgehead atoms. The van der Waals surface area contributed by atoms with Crippen LogP contribution in [0.25, 0.3) is 16.6 Å². The maximum absolute atomic E-state index is 13.2. The van der Waals surface area contributed by atoms with Crippen molar-refractivity contribution in [1.82, 2.24) is 19.5 Å². The van der Waals surface area contributed by atoms with Gasteiger partial charge in [0.1, 0.15) is 5.75 Å². The number of aryl methyl sites for hydroxylation is 1. The average molecular weight is 453 g/mol. The zero-order valence-corrected chi connectivity index (χ0v) is 19.4. The summed E-state index contributed by atoms with van der Waals surface area (Å²) < 4.78 is 7.45. The zero-order valence-electron chi connectivity index (χ0n) is 17.8. The standard InChI is InChI=1S/C23H24N4O2S2/c1-4-18-17-8-10-30-20(17)7-9-26(18)22(28)13-31-23-25-24-21-11-14(2)16-6-5-15(29-3)12-19(16)27(21)23/h5-6,8,10-12,18H,4,7,9,13H2,1-3H3. The number of nitrogens with zero attached hydrogens (tertiary/aromatic N) is 4. The fraction of sp³-hybridized carbons (Fsp3) is 0.348. The van der Waals surface area contributed by atoms with Crippen LogP contribution < -0.4 is 4.74 Å². The zero-order chi connectivity index (χ0) is 21.5. The van der Waals surface area contributed by atoms with Crippen molar-refractivity contribution in [3.63, 3.8) is 0 Å².